The summed E-state index contributed by atoms with van der Waals surface area (Å²) in [5.74, 6) is -0.762. The number of hydrogen-bond acceptors (Lipinski definition) is 4. The molecule has 2 amide bonds. The zero-order valence-corrected chi connectivity index (χ0v) is 12.1. The summed E-state index contributed by atoms with van der Waals surface area (Å²) in [6.45, 7) is 7.18. The molecule has 0 saturated heterocycles. The Hall–Kier alpha value is -1.69. The third kappa shape index (κ3) is 5.21. The third-order valence-corrected chi connectivity index (χ3v) is 2.26. The van der Waals surface area contributed by atoms with Crippen molar-refractivity contribution >= 4 is 23.4 Å². The lowest BCUT2D eigenvalue weighted by atomic mass is 10.1. The van der Waals surface area contributed by atoms with Crippen LogP contribution in [0.1, 0.15) is 38.2 Å². The summed E-state index contributed by atoms with van der Waals surface area (Å²) in [7, 11) is 0. The zero-order chi connectivity index (χ0) is 14.6. The second-order valence-corrected chi connectivity index (χ2v) is 5.55. The van der Waals surface area contributed by atoms with Crippen LogP contribution in [0.15, 0.2) is 12.4 Å². The number of aromatic nitrogens is 2. The lowest BCUT2D eigenvalue weighted by molar-refractivity contribution is -0.124. The maximum Gasteiger partial charge on any atom is 0.272 e. The van der Waals surface area contributed by atoms with Gasteiger partial charge in [-0.05, 0) is 27.7 Å². The second kappa shape index (κ2) is 5.97. The molecule has 1 rings (SSSR count). The van der Waals surface area contributed by atoms with Gasteiger partial charge < -0.3 is 10.6 Å². The Morgan fingerprint density at radius 3 is 2.47 bits per heavy atom. The first-order chi connectivity index (χ1) is 8.69. The quantitative estimate of drug-likeness (QED) is 0.872. The van der Waals surface area contributed by atoms with E-state index in [0.29, 0.717) is 0 Å². The highest BCUT2D eigenvalue weighted by atomic mass is 35.5. The van der Waals surface area contributed by atoms with Crippen LogP contribution in [0.25, 0.3) is 0 Å². The molecule has 0 aromatic carbocycles. The van der Waals surface area contributed by atoms with Crippen molar-refractivity contribution in [2.75, 3.05) is 0 Å². The molecule has 1 unspecified atom stereocenters. The van der Waals surface area contributed by atoms with Gasteiger partial charge in [-0.25, -0.2) is 4.98 Å². The maximum atomic E-state index is 11.8. The number of nitrogens with one attached hydrogen (secondary N) is 2. The van der Waals surface area contributed by atoms with Crippen molar-refractivity contribution < 1.29 is 9.59 Å². The zero-order valence-electron chi connectivity index (χ0n) is 11.3. The molecule has 7 heteroatoms. The van der Waals surface area contributed by atoms with Gasteiger partial charge in [0, 0.05) is 5.54 Å². The summed E-state index contributed by atoms with van der Waals surface area (Å²) in [4.78, 5) is 31.2. The smallest absolute Gasteiger partial charge is 0.272 e. The minimum absolute atomic E-state index is 0.0721. The minimum Gasteiger partial charge on any atom is -0.350 e. The van der Waals surface area contributed by atoms with Crippen LogP contribution in [0.5, 0.6) is 0 Å². The van der Waals surface area contributed by atoms with Crippen molar-refractivity contribution in [3.8, 4) is 0 Å². The summed E-state index contributed by atoms with van der Waals surface area (Å²) in [5.41, 5.74) is -0.283. The van der Waals surface area contributed by atoms with Crippen molar-refractivity contribution in [2.24, 2.45) is 0 Å². The minimum atomic E-state index is -0.674. The average molecular weight is 285 g/mol. The molecule has 1 atom stereocenters. The van der Waals surface area contributed by atoms with E-state index in [1.54, 1.807) is 6.92 Å². The molecular formula is C12H17ClN4O2. The van der Waals surface area contributed by atoms with Gasteiger partial charge in [0.1, 0.15) is 16.9 Å². The van der Waals surface area contributed by atoms with Crippen molar-refractivity contribution in [1.29, 1.82) is 0 Å². The number of halogens is 1. The van der Waals surface area contributed by atoms with E-state index in [-0.39, 0.29) is 22.3 Å². The van der Waals surface area contributed by atoms with Crippen molar-refractivity contribution in [1.82, 2.24) is 20.6 Å². The highest BCUT2D eigenvalue weighted by Gasteiger charge is 2.21. The average Bonchev–Trinajstić information content (AvgIpc) is 2.26. The van der Waals surface area contributed by atoms with Crippen molar-refractivity contribution in [2.45, 2.75) is 39.3 Å². The lowest BCUT2D eigenvalue weighted by Crippen LogP contribution is -2.50. The van der Waals surface area contributed by atoms with Crippen LogP contribution in [-0.2, 0) is 4.79 Å². The maximum absolute atomic E-state index is 11.8. The van der Waals surface area contributed by atoms with Gasteiger partial charge >= 0.3 is 0 Å². The molecule has 1 heterocycles. The predicted octanol–water partition coefficient (Wildman–Crippen LogP) is 1.16. The fourth-order valence-corrected chi connectivity index (χ4v) is 1.41. The molecule has 2 N–H and O–H groups in total. The van der Waals surface area contributed by atoms with E-state index in [4.69, 9.17) is 11.6 Å². The van der Waals surface area contributed by atoms with Crippen LogP contribution in [0.4, 0.5) is 0 Å². The van der Waals surface area contributed by atoms with E-state index < -0.39 is 11.9 Å². The molecule has 0 saturated carbocycles. The predicted molar refractivity (Wildman–Crippen MR) is 71.9 cm³/mol. The highest BCUT2D eigenvalue weighted by Crippen LogP contribution is 2.03. The molecule has 0 fully saturated rings. The van der Waals surface area contributed by atoms with Crippen LogP contribution in [-0.4, -0.2) is 33.4 Å². The Labute approximate surface area is 117 Å². The Morgan fingerprint density at radius 1 is 1.32 bits per heavy atom. The molecule has 1 aromatic rings. The second-order valence-electron chi connectivity index (χ2n) is 5.16. The van der Waals surface area contributed by atoms with E-state index in [0.717, 1.165) is 0 Å². The van der Waals surface area contributed by atoms with Crippen LogP contribution < -0.4 is 10.6 Å². The number of amides is 2. The van der Waals surface area contributed by atoms with Crippen molar-refractivity contribution in [3.05, 3.63) is 23.2 Å². The van der Waals surface area contributed by atoms with Gasteiger partial charge in [0.25, 0.3) is 5.91 Å². The van der Waals surface area contributed by atoms with E-state index in [2.05, 4.69) is 20.6 Å². The summed E-state index contributed by atoms with van der Waals surface area (Å²) in [6.07, 6.45) is 2.61. The van der Waals surface area contributed by atoms with Gasteiger partial charge in [-0.1, -0.05) is 11.6 Å². The van der Waals surface area contributed by atoms with Crippen LogP contribution >= 0.6 is 11.6 Å². The highest BCUT2D eigenvalue weighted by molar-refractivity contribution is 6.29. The first-order valence-electron chi connectivity index (χ1n) is 5.79. The number of carbonyl (C=O) groups is 2. The number of hydrogen-bond donors (Lipinski definition) is 2. The number of carbonyl (C=O) groups excluding carboxylic acids is 2. The summed E-state index contributed by atoms with van der Waals surface area (Å²) in [6, 6.07) is -0.674. The third-order valence-electron chi connectivity index (χ3n) is 2.08. The largest absolute Gasteiger partial charge is 0.350 e. The van der Waals surface area contributed by atoms with Crippen molar-refractivity contribution in [3.63, 3.8) is 0 Å². The molecular weight excluding hydrogens is 268 g/mol. The number of nitrogens with zero attached hydrogens (tertiary/aromatic N) is 2. The number of rotatable bonds is 3. The van der Waals surface area contributed by atoms with Gasteiger partial charge in [-0.15, -0.1) is 0 Å². The van der Waals surface area contributed by atoms with E-state index in [1.165, 1.54) is 12.4 Å². The Kier molecular flexibility index (Phi) is 4.83. The monoisotopic (exact) mass is 284 g/mol. The van der Waals surface area contributed by atoms with E-state index in [1.807, 2.05) is 20.8 Å². The van der Waals surface area contributed by atoms with E-state index in [9.17, 15) is 9.59 Å². The summed E-state index contributed by atoms with van der Waals surface area (Å²) < 4.78 is 0. The van der Waals surface area contributed by atoms with Crippen LogP contribution in [0, 0.1) is 0 Å². The topological polar surface area (TPSA) is 84.0 Å². The SMILES string of the molecule is CC(NC(=O)c1cncc(Cl)n1)C(=O)NC(C)(C)C. The Bertz CT molecular complexity index is 485. The standard InChI is InChI=1S/C12H17ClN4O2/c1-7(10(18)17-12(2,3)4)15-11(19)8-5-14-6-9(13)16-8/h5-7H,1-4H3,(H,15,19)(H,17,18). The molecule has 0 radical (unpaired) electrons. The van der Waals surface area contributed by atoms with Gasteiger partial charge in [-0.2, -0.15) is 0 Å². The molecule has 0 aliphatic rings. The van der Waals surface area contributed by atoms with Gasteiger partial charge in [0.15, 0.2) is 0 Å². The first kappa shape index (κ1) is 15.4. The summed E-state index contributed by atoms with van der Waals surface area (Å²) >= 11 is 5.64. The molecule has 104 valence electrons. The molecule has 0 aliphatic carbocycles. The van der Waals surface area contributed by atoms with Crippen LogP contribution in [0.3, 0.4) is 0 Å². The van der Waals surface area contributed by atoms with Gasteiger partial charge in [0.05, 0.1) is 12.4 Å². The lowest BCUT2D eigenvalue weighted by Gasteiger charge is -2.23. The fourth-order valence-electron chi connectivity index (χ4n) is 1.27. The molecule has 0 bridgehead atoms. The normalized spacial score (nSPS) is 12.7. The fraction of sp³-hybridized carbons (Fsp3) is 0.500. The Balaban J connectivity index is 2.64. The van der Waals surface area contributed by atoms with E-state index >= 15 is 0 Å². The molecule has 0 spiro atoms. The molecule has 6 nitrogen and oxygen atoms in total. The molecule has 0 aliphatic heterocycles. The van der Waals surface area contributed by atoms with Gasteiger partial charge in [0.2, 0.25) is 5.91 Å². The van der Waals surface area contributed by atoms with Gasteiger partial charge in [-0.3, -0.25) is 14.6 Å². The molecule has 19 heavy (non-hydrogen) atoms. The Morgan fingerprint density at radius 2 is 1.95 bits per heavy atom. The summed E-state index contributed by atoms with van der Waals surface area (Å²) in [5, 5.41) is 5.43. The van der Waals surface area contributed by atoms with Crippen LogP contribution in [0.2, 0.25) is 5.15 Å². The molecule has 1 aromatic heterocycles. The first-order valence-corrected chi connectivity index (χ1v) is 6.17.